The van der Waals surface area contributed by atoms with E-state index in [2.05, 4.69) is 12.2 Å². The molecule has 0 N–H and O–H groups in total. The third kappa shape index (κ3) is 4.63. The molecule has 0 nitrogen and oxygen atoms in total. The fourth-order valence-corrected chi connectivity index (χ4v) is 5.07. The van der Waals surface area contributed by atoms with Gasteiger partial charge in [-0.2, -0.15) is 0 Å². The van der Waals surface area contributed by atoms with Crippen LogP contribution in [0.2, 0.25) is 5.82 Å². The second kappa shape index (κ2) is 7.88. The molecule has 0 saturated heterocycles. The summed E-state index contributed by atoms with van der Waals surface area (Å²) in [4.78, 5) is 0. The molecule has 0 atom stereocenters. The van der Waals surface area contributed by atoms with Crippen molar-refractivity contribution >= 4 is 7.85 Å². The van der Waals surface area contributed by atoms with Crippen LogP contribution in [0.5, 0.6) is 0 Å². The number of hydrogen-bond donors (Lipinski definition) is 0. The lowest BCUT2D eigenvalue weighted by Gasteiger charge is -2.35. The maximum atomic E-state index is 6.00. The Kier molecular flexibility index (Phi) is 5.89. The van der Waals surface area contributed by atoms with Crippen molar-refractivity contribution < 1.29 is 0 Å². The SMILES string of the molecule is [B]C1CCC(/C=C/C2CCC(C3CCCCC3)CC2)CC1. The fraction of sp³-hybridized carbons (Fsp3) is 0.900. The minimum atomic E-state index is 0.487. The van der Waals surface area contributed by atoms with Crippen LogP contribution in [0, 0.1) is 23.7 Å². The summed E-state index contributed by atoms with van der Waals surface area (Å²) in [6.45, 7) is 0. The van der Waals surface area contributed by atoms with Gasteiger partial charge in [0.05, 0.1) is 7.85 Å². The van der Waals surface area contributed by atoms with Gasteiger partial charge in [0.15, 0.2) is 0 Å². The predicted molar refractivity (Wildman–Crippen MR) is 92.6 cm³/mol. The van der Waals surface area contributed by atoms with Gasteiger partial charge < -0.3 is 0 Å². The van der Waals surface area contributed by atoms with Gasteiger partial charge in [-0.15, -0.1) is 0 Å². The van der Waals surface area contributed by atoms with E-state index in [9.17, 15) is 0 Å². The van der Waals surface area contributed by atoms with Gasteiger partial charge >= 0.3 is 0 Å². The van der Waals surface area contributed by atoms with E-state index in [0.29, 0.717) is 5.82 Å². The monoisotopic (exact) mass is 284 g/mol. The summed E-state index contributed by atoms with van der Waals surface area (Å²) < 4.78 is 0. The molecule has 0 spiro atoms. The first-order chi connectivity index (χ1) is 10.3. The zero-order chi connectivity index (χ0) is 14.5. The highest BCUT2D eigenvalue weighted by atomic mass is 14.3. The molecule has 2 radical (unpaired) electrons. The molecule has 0 amide bonds. The zero-order valence-corrected chi connectivity index (χ0v) is 13.8. The first-order valence-electron chi connectivity index (χ1n) is 9.75. The van der Waals surface area contributed by atoms with Gasteiger partial charge in [0.1, 0.15) is 0 Å². The Morgan fingerprint density at radius 1 is 0.524 bits per heavy atom. The van der Waals surface area contributed by atoms with Crippen molar-refractivity contribution in [3.63, 3.8) is 0 Å². The molecular formula is C20H33B. The normalized spacial score (nSPS) is 39.6. The summed E-state index contributed by atoms with van der Waals surface area (Å²) in [6.07, 6.45) is 23.8. The van der Waals surface area contributed by atoms with E-state index in [4.69, 9.17) is 7.85 Å². The van der Waals surface area contributed by atoms with Crippen molar-refractivity contribution in [2.45, 2.75) is 89.3 Å². The molecular weight excluding hydrogens is 251 g/mol. The highest BCUT2D eigenvalue weighted by molar-refractivity contribution is 6.11. The van der Waals surface area contributed by atoms with Gasteiger partial charge in [-0.3, -0.25) is 0 Å². The summed E-state index contributed by atoms with van der Waals surface area (Å²) >= 11 is 0. The van der Waals surface area contributed by atoms with E-state index >= 15 is 0 Å². The molecule has 21 heavy (non-hydrogen) atoms. The number of allylic oxidation sites excluding steroid dienone is 2. The van der Waals surface area contributed by atoms with Crippen molar-refractivity contribution in [3.8, 4) is 0 Å². The van der Waals surface area contributed by atoms with Crippen LogP contribution in [0.4, 0.5) is 0 Å². The standard InChI is InChI=1S/C20H33B/c21-20-14-10-17(11-15-20)7-6-16-8-12-19(13-9-16)18-4-2-1-3-5-18/h6-7,16-20H,1-5,8-15H2/b7-6+. The molecule has 0 heterocycles. The second-order valence-corrected chi connectivity index (χ2v) is 8.13. The van der Waals surface area contributed by atoms with Crippen LogP contribution in [0.3, 0.4) is 0 Å². The topological polar surface area (TPSA) is 0 Å². The molecule has 3 aliphatic carbocycles. The highest BCUT2D eigenvalue weighted by Crippen LogP contribution is 2.40. The third-order valence-electron chi connectivity index (χ3n) is 6.60. The van der Waals surface area contributed by atoms with Crippen molar-refractivity contribution in [1.29, 1.82) is 0 Å². The Morgan fingerprint density at radius 3 is 1.57 bits per heavy atom. The lowest BCUT2D eigenvalue weighted by atomic mass is 9.70. The molecule has 0 aromatic heterocycles. The first kappa shape index (κ1) is 15.7. The number of rotatable bonds is 3. The quantitative estimate of drug-likeness (QED) is 0.435. The smallest absolute Gasteiger partial charge is 0.0699 e. The van der Waals surface area contributed by atoms with Gasteiger partial charge in [0.25, 0.3) is 0 Å². The van der Waals surface area contributed by atoms with Gasteiger partial charge in [0.2, 0.25) is 0 Å². The molecule has 0 bridgehead atoms. The average molecular weight is 284 g/mol. The van der Waals surface area contributed by atoms with Crippen molar-refractivity contribution in [2.24, 2.45) is 23.7 Å². The van der Waals surface area contributed by atoms with Crippen LogP contribution < -0.4 is 0 Å². The molecule has 0 unspecified atom stereocenters. The van der Waals surface area contributed by atoms with Gasteiger partial charge in [-0.25, -0.2) is 0 Å². The maximum Gasteiger partial charge on any atom is 0.0699 e. The Labute approximate surface area is 133 Å². The summed E-state index contributed by atoms with van der Waals surface area (Å²) in [5.41, 5.74) is 0. The average Bonchev–Trinajstić information content (AvgIpc) is 2.56. The fourth-order valence-electron chi connectivity index (χ4n) is 5.07. The Balaban J connectivity index is 1.39. The summed E-state index contributed by atoms with van der Waals surface area (Å²) in [7, 11) is 6.00. The first-order valence-corrected chi connectivity index (χ1v) is 9.75. The molecule has 3 saturated carbocycles. The highest BCUT2D eigenvalue weighted by Gasteiger charge is 2.27. The Hall–Kier alpha value is -0.195. The molecule has 0 aliphatic heterocycles. The maximum absolute atomic E-state index is 6.00. The molecule has 3 fully saturated rings. The molecule has 0 aromatic carbocycles. The molecule has 0 aromatic rings. The second-order valence-electron chi connectivity index (χ2n) is 8.13. The van der Waals surface area contributed by atoms with Gasteiger partial charge in [-0.1, -0.05) is 62.9 Å². The Bertz CT molecular complexity index is 313. The van der Waals surface area contributed by atoms with E-state index in [1.54, 1.807) is 0 Å². The van der Waals surface area contributed by atoms with E-state index in [1.165, 1.54) is 83.5 Å². The van der Waals surface area contributed by atoms with Gasteiger partial charge in [-0.05, 0) is 62.2 Å². The number of hydrogen-bond acceptors (Lipinski definition) is 0. The summed E-state index contributed by atoms with van der Waals surface area (Å²) in [5.74, 6) is 4.37. The molecule has 3 aliphatic rings. The van der Waals surface area contributed by atoms with E-state index in [1.807, 2.05) is 0 Å². The van der Waals surface area contributed by atoms with E-state index < -0.39 is 0 Å². The van der Waals surface area contributed by atoms with Crippen molar-refractivity contribution in [2.75, 3.05) is 0 Å². The molecule has 3 rings (SSSR count). The lowest BCUT2D eigenvalue weighted by Crippen LogP contribution is -2.23. The van der Waals surface area contributed by atoms with Crippen LogP contribution in [0.1, 0.15) is 83.5 Å². The van der Waals surface area contributed by atoms with E-state index in [-0.39, 0.29) is 0 Å². The molecule has 116 valence electrons. The van der Waals surface area contributed by atoms with Gasteiger partial charge in [0, 0.05) is 0 Å². The van der Waals surface area contributed by atoms with Crippen LogP contribution in [-0.4, -0.2) is 7.85 Å². The van der Waals surface area contributed by atoms with Crippen molar-refractivity contribution in [3.05, 3.63) is 12.2 Å². The van der Waals surface area contributed by atoms with Crippen LogP contribution in [0.25, 0.3) is 0 Å². The lowest BCUT2D eigenvalue weighted by molar-refractivity contribution is 0.180. The summed E-state index contributed by atoms with van der Waals surface area (Å²) in [6, 6.07) is 0. The predicted octanol–water partition coefficient (Wildman–Crippen LogP) is 6.08. The minimum absolute atomic E-state index is 0.487. The van der Waals surface area contributed by atoms with E-state index in [0.717, 1.165) is 23.7 Å². The largest absolute Gasteiger partial charge is 0.0851 e. The minimum Gasteiger partial charge on any atom is -0.0851 e. The Morgan fingerprint density at radius 2 is 1.00 bits per heavy atom. The van der Waals surface area contributed by atoms with Crippen molar-refractivity contribution in [1.82, 2.24) is 0 Å². The molecule has 1 heteroatoms. The van der Waals surface area contributed by atoms with Crippen LogP contribution in [0.15, 0.2) is 12.2 Å². The third-order valence-corrected chi connectivity index (χ3v) is 6.60. The zero-order valence-electron chi connectivity index (χ0n) is 13.8. The van der Waals surface area contributed by atoms with Crippen LogP contribution >= 0.6 is 0 Å². The van der Waals surface area contributed by atoms with Crippen LogP contribution in [-0.2, 0) is 0 Å². The summed E-state index contributed by atoms with van der Waals surface area (Å²) in [5, 5.41) is 0.